The van der Waals surface area contributed by atoms with Crippen LogP contribution in [0.25, 0.3) is 6.08 Å². The van der Waals surface area contributed by atoms with Crippen LogP contribution in [0.5, 0.6) is 0 Å². The van der Waals surface area contributed by atoms with E-state index in [2.05, 4.69) is 0 Å². The van der Waals surface area contributed by atoms with Gasteiger partial charge in [0.2, 0.25) is 0 Å². The van der Waals surface area contributed by atoms with E-state index in [1.54, 1.807) is 47.6 Å². The number of carbonyl (C=O) groups is 1. The number of amides is 1. The Kier molecular flexibility index (Phi) is 8.54. The molecule has 0 N–H and O–H groups in total. The Bertz CT molecular complexity index is 629. The molecule has 0 bridgehead atoms. The average molecular weight is 383 g/mol. The summed E-state index contributed by atoms with van der Waals surface area (Å²) in [5.41, 5.74) is 0.229. The van der Waals surface area contributed by atoms with Gasteiger partial charge in [0.1, 0.15) is 5.60 Å². The molecular formula is C19H30NO5P. The summed E-state index contributed by atoms with van der Waals surface area (Å²) < 4.78 is 30.5. The van der Waals surface area contributed by atoms with E-state index < -0.39 is 25.5 Å². The van der Waals surface area contributed by atoms with Crippen LogP contribution in [0.4, 0.5) is 4.79 Å². The summed E-state index contributed by atoms with van der Waals surface area (Å²) in [6.45, 7) is 10.7. The maximum absolute atomic E-state index is 13.2. The molecule has 1 unspecified atom stereocenters. The van der Waals surface area contributed by atoms with Gasteiger partial charge in [-0.25, -0.2) is 14.0 Å². The van der Waals surface area contributed by atoms with Crippen molar-refractivity contribution in [2.24, 2.45) is 0 Å². The van der Waals surface area contributed by atoms with Crippen molar-refractivity contribution < 1.29 is 23.1 Å². The van der Waals surface area contributed by atoms with Crippen molar-refractivity contribution >= 4 is 19.9 Å². The summed E-state index contributed by atoms with van der Waals surface area (Å²) in [7, 11) is -3.84. The minimum absolute atomic E-state index is 0.145. The second kappa shape index (κ2) is 9.91. The van der Waals surface area contributed by atoms with Gasteiger partial charge in [0.25, 0.3) is 0 Å². The van der Waals surface area contributed by atoms with Gasteiger partial charge in [-0.2, -0.15) is 0 Å². The second-order valence-electron chi connectivity index (χ2n) is 6.64. The minimum Gasteiger partial charge on any atom is -0.443 e. The summed E-state index contributed by atoms with van der Waals surface area (Å²) in [5.74, 6) is 0. The highest BCUT2D eigenvalue weighted by molar-refractivity contribution is 7.52. The quantitative estimate of drug-likeness (QED) is 0.554. The molecule has 0 aliphatic heterocycles. The van der Waals surface area contributed by atoms with Crippen LogP contribution in [0.1, 0.15) is 47.1 Å². The van der Waals surface area contributed by atoms with E-state index in [0.29, 0.717) is 0 Å². The van der Waals surface area contributed by atoms with Crippen LogP contribution in [0.2, 0.25) is 0 Å². The molecule has 1 rings (SSSR count). The van der Waals surface area contributed by atoms with Crippen LogP contribution in [-0.2, 0) is 18.3 Å². The lowest BCUT2D eigenvalue weighted by Gasteiger charge is -2.34. The number of hydrogen-bond donors (Lipinski definition) is 0. The van der Waals surface area contributed by atoms with Gasteiger partial charge < -0.3 is 4.74 Å². The molecule has 0 aliphatic rings. The fraction of sp³-hybridized carbons (Fsp3) is 0.526. The largest absolute Gasteiger partial charge is 0.443 e. The Morgan fingerprint density at radius 3 is 2.15 bits per heavy atom. The third-order valence-electron chi connectivity index (χ3n) is 3.18. The SMILES string of the molecule is CCOP(=O)(OCC)N(C(=O)OC(C)(C)C)C(C)/C=C/c1ccccc1. The first kappa shape index (κ1) is 22.4. The first-order chi connectivity index (χ1) is 12.1. The van der Waals surface area contributed by atoms with Gasteiger partial charge in [-0.3, -0.25) is 9.05 Å². The highest BCUT2D eigenvalue weighted by Gasteiger charge is 2.42. The molecule has 6 nitrogen and oxygen atoms in total. The van der Waals surface area contributed by atoms with Gasteiger partial charge in [0, 0.05) is 0 Å². The average Bonchev–Trinajstić information content (AvgIpc) is 2.52. The molecular weight excluding hydrogens is 353 g/mol. The number of hydrogen-bond acceptors (Lipinski definition) is 5. The van der Waals surface area contributed by atoms with E-state index in [1.165, 1.54) is 0 Å². The number of rotatable bonds is 8. The Hall–Kier alpha value is -1.62. The second-order valence-corrected chi connectivity index (χ2v) is 8.52. The lowest BCUT2D eigenvalue weighted by molar-refractivity contribution is 0.0290. The van der Waals surface area contributed by atoms with E-state index in [9.17, 15) is 9.36 Å². The van der Waals surface area contributed by atoms with Crippen molar-refractivity contribution in [3.05, 3.63) is 42.0 Å². The van der Waals surface area contributed by atoms with Gasteiger partial charge in [-0.15, -0.1) is 0 Å². The fourth-order valence-electron chi connectivity index (χ4n) is 2.18. The first-order valence-corrected chi connectivity index (χ1v) is 10.3. The zero-order chi connectivity index (χ0) is 19.8. The van der Waals surface area contributed by atoms with Crippen molar-refractivity contribution in [1.29, 1.82) is 0 Å². The normalized spacial score (nSPS) is 13.6. The molecule has 1 aromatic carbocycles. The molecule has 1 aromatic rings. The zero-order valence-corrected chi connectivity index (χ0v) is 17.4. The maximum atomic E-state index is 13.2. The van der Waals surface area contributed by atoms with Gasteiger partial charge in [0.15, 0.2) is 0 Å². The standard InChI is InChI=1S/C19H30NO5P/c1-7-23-26(22,24-8-2)20(18(21)25-19(4,5)6)16(3)14-15-17-12-10-9-11-13-17/h9-16H,7-8H2,1-6H3/b15-14+. The van der Waals surface area contributed by atoms with Crippen molar-refractivity contribution in [2.75, 3.05) is 13.2 Å². The van der Waals surface area contributed by atoms with Crippen molar-refractivity contribution in [3.63, 3.8) is 0 Å². The van der Waals surface area contributed by atoms with E-state index in [4.69, 9.17) is 13.8 Å². The predicted octanol–water partition coefficient (Wildman–Crippen LogP) is 5.51. The highest BCUT2D eigenvalue weighted by atomic mass is 31.2. The molecule has 0 spiro atoms. The van der Waals surface area contributed by atoms with Gasteiger partial charge in [0.05, 0.1) is 19.3 Å². The predicted molar refractivity (Wildman–Crippen MR) is 104 cm³/mol. The van der Waals surface area contributed by atoms with Crippen LogP contribution in [-0.4, -0.2) is 35.6 Å². The first-order valence-electron chi connectivity index (χ1n) is 8.78. The molecule has 146 valence electrons. The molecule has 0 radical (unpaired) electrons. The summed E-state index contributed by atoms with van der Waals surface area (Å²) in [4.78, 5) is 12.7. The van der Waals surface area contributed by atoms with Crippen molar-refractivity contribution in [1.82, 2.24) is 4.67 Å². The van der Waals surface area contributed by atoms with Gasteiger partial charge >= 0.3 is 13.8 Å². The van der Waals surface area contributed by atoms with Crippen LogP contribution in [0.15, 0.2) is 36.4 Å². The molecule has 0 saturated heterocycles. The summed E-state index contributed by atoms with van der Waals surface area (Å²) in [5, 5.41) is 0. The molecule has 0 fully saturated rings. The number of benzene rings is 1. The molecule has 7 heteroatoms. The fourth-order valence-corrected chi connectivity index (χ4v) is 3.92. The third kappa shape index (κ3) is 6.94. The number of carbonyl (C=O) groups excluding carboxylic acids is 1. The number of ether oxygens (including phenoxy) is 1. The lowest BCUT2D eigenvalue weighted by Crippen LogP contribution is -2.40. The van der Waals surface area contributed by atoms with Crippen LogP contribution >= 0.6 is 7.75 Å². The van der Waals surface area contributed by atoms with Gasteiger partial charge in [-0.05, 0) is 47.1 Å². The Morgan fingerprint density at radius 2 is 1.69 bits per heavy atom. The van der Waals surface area contributed by atoms with Crippen molar-refractivity contribution in [3.8, 4) is 0 Å². The van der Waals surface area contributed by atoms with Crippen molar-refractivity contribution in [2.45, 2.75) is 53.2 Å². The van der Waals surface area contributed by atoms with Crippen LogP contribution in [0, 0.1) is 0 Å². The molecule has 0 aliphatic carbocycles. The third-order valence-corrected chi connectivity index (χ3v) is 5.41. The molecule has 1 amide bonds. The Morgan fingerprint density at radius 1 is 1.15 bits per heavy atom. The van der Waals surface area contributed by atoms with Crippen LogP contribution < -0.4 is 0 Å². The lowest BCUT2D eigenvalue weighted by atomic mass is 10.2. The summed E-state index contributed by atoms with van der Waals surface area (Å²) in [6.07, 6.45) is 2.88. The smallest absolute Gasteiger partial charge is 0.440 e. The molecule has 0 aromatic heterocycles. The molecule has 0 heterocycles. The molecule has 1 atom stereocenters. The summed E-state index contributed by atoms with van der Waals surface area (Å²) in [6, 6.07) is 9.07. The minimum atomic E-state index is -3.84. The van der Waals surface area contributed by atoms with E-state index >= 15 is 0 Å². The van der Waals surface area contributed by atoms with Crippen LogP contribution in [0.3, 0.4) is 0 Å². The Balaban J connectivity index is 3.18. The van der Waals surface area contributed by atoms with E-state index in [1.807, 2.05) is 36.4 Å². The van der Waals surface area contributed by atoms with E-state index in [-0.39, 0.29) is 13.2 Å². The summed E-state index contributed by atoms with van der Waals surface area (Å²) >= 11 is 0. The Labute approximate surface area is 156 Å². The highest BCUT2D eigenvalue weighted by Crippen LogP contribution is 2.53. The molecule has 26 heavy (non-hydrogen) atoms. The maximum Gasteiger partial charge on any atom is 0.440 e. The number of nitrogens with zero attached hydrogens (tertiary/aromatic N) is 1. The zero-order valence-electron chi connectivity index (χ0n) is 16.5. The van der Waals surface area contributed by atoms with Gasteiger partial charge in [-0.1, -0.05) is 42.5 Å². The van der Waals surface area contributed by atoms with E-state index in [0.717, 1.165) is 10.2 Å². The molecule has 0 saturated carbocycles. The monoisotopic (exact) mass is 383 g/mol. The topological polar surface area (TPSA) is 65.1 Å².